The molecule has 0 spiro atoms. The van der Waals surface area contributed by atoms with Gasteiger partial charge in [0.25, 0.3) is 0 Å². The van der Waals surface area contributed by atoms with E-state index in [9.17, 15) is 4.79 Å². The van der Waals surface area contributed by atoms with Crippen LogP contribution < -0.4 is 10.6 Å². The van der Waals surface area contributed by atoms with Crippen molar-refractivity contribution >= 4 is 17.7 Å². The van der Waals surface area contributed by atoms with E-state index in [-0.39, 0.29) is 11.2 Å². The predicted molar refractivity (Wildman–Crippen MR) is 57.0 cm³/mol. The molecule has 0 aromatic heterocycles. The van der Waals surface area contributed by atoms with Crippen LogP contribution in [0.4, 0.5) is 0 Å². The van der Waals surface area contributed by atoms with Crippen molar-refractivity contribution in [2.45, 2.75) is 31.1 Å². The summed E-state index contributed by atoms with van der Waals surface area (Å²) in [5.41, 5.74) is 0. The maximum Gasteiger partial charge on any atom is 0.233 e. The zero-order valence-corrected chi connectivity index (χ0v) is 9.12. The summed E-state index contributed by atoms with van der Waals surface area (Å²) in [6.45, 7) is 2.79. The molecule has 1 aliphatic heterocycles. The summed E-state index contributed by atoms with van der Waals surface area (Å²) >= 11 is 1.78. The SMILES string of the molecule is CN[C@H](C)CNC(=O)[C@@H]1CCCS1. The molecule has 0 bridgehead atoms. The summed E-state index contributed by atoms with van der Waals surface area (Å²) in [5, 5.41) is 6.25. The van der Waals surface area contributed by atoms with Crippen LogP contribution in [0.1, 0.15) is 19.8 Å². The molecule has 1 amide bonds. The smallest absolute Gasteiger partial charge is 0.233 e. The van der Waals surface area contributed by atoms with Crippen LogP contribution >= 0.6 is 11.8 Å². The number of carbonyl (C=O) groups excluding carboxylic acids is 1. The van der Waals surface area contributed by atoms with Gasteiger partial charge in [-0.1, -0.05) is 0 Å². The Morgan fingerprint density at radius 1 is 1.69 bits per heavy atom. The normalized spacial score (nSPS) is 24.3. The monoisotopic (exact) mass is 202 g/mol. The number of thioether (sulfide) groups is 1. The van der Waals surface area contributed by atoms with Gasteiger partial charge in [-0.15, -0.1) is 11.8 Å². The molecule has 1 rings (SSSR count). The molecule has 0 aliphatic carbocycles. The fraction of sp³-hybridized carbons (Fsp3) is 0.889. The molecule has 0 radical (unpaired) electrons. The van der Waals surface area contributed by atoms with Crippen molar-refractivity contribution in [2.24, 2.45) is 0 Å². The number of hydrogen-bond donors (Lipinski definition) is 2. The minimum Gasteiger partial charge on any atom is -0.354 e. The van der Waals surface area contributed by atoms with Gasteiger partial charge < -0.3 is 10.6 Å². The molecule has 13 heavy (non-hydrogen) atoms. The summed E-state index contributed by atoms with van der Waals surface area (Å²) < 4.78 is 0. The van der Waals surface area contributed by atoms with Gasteiger partial charge in [0.2, 0.25) is 5.91 Å². The summed E-state index contributed by atoms with van der Waals surface area (Å²) in [6, 6.07) is 0.357. The van der Waals surface area contributed by atoms with E-state index < -0.39 is 0 Å². The predicted octanol–water partition coefficient (Wildman–Crippen LogP) is 0.606. The molecule has 0 aromatic rings. The largest absolute Gasteiger partial charge is 0.354 e. The number of amides is 1. The topological polar surface area (TPSA) is 41.1 Å². The maximum absolute atomic E-state index is 11.5. The van der Waals surface area contributed by atoms with E-state index >= 15 is 0 Å². The Kier molecular flexibility index (Phi) is 4.59. The molecule has 2 N–H and O–H groups in total. The highest BCUT2D eigenvalue weighted by Crippen LogP contribution is 2.25. The van der Waals surface area contributed by atoms with Crippen molar-refractivity contribution in [3.05, 3.63) is 0 Å². The summed E-state index contributed by atoms with van der Waals surface area (Å²) in [5.74, 6) is 1.35. The third kappa shape index (κ3) is 3.56. The van der Waals surface area contributed by atoms with Crippen LogP contribution in [0.25, 0.3) is 0 Å². The first-order valence-electron chi connectivity index (χ1n) is 4.80. The van der Waals surface area contributed by atoms with Crippen molar-refractivity contribution in [1.29, 1.82) is 0 Å². The van der Waals surface area contributed by atoms with E-state index in [2.05, 4.69) is 17.6 Å². The average molecular weight is 202 g/mol. The third-order valence-corrected chi connectivity index (χ3v) is 3.67. The number of carbonyl (C=O) groups is 1. The standard InChI is InChI=1S/C9H18N2OS/c1-7(10-2)6-11-9(12)8-4-3-5-13-8/h7-8,10H,3-6H2,1-2H3,(H,11,12)/t7-,8+/m1/s1. The van der Waals surface area contributed by atoms with E-state index in [0.717, 1.165) is 18.7 Å². The van der Waals surface area contributed by atoms with E-state index in [1.807, 2.05) is 7.05 Å². The van der Waals surface area contributed by atoms with E-state index in [1.165, 1.54) is 6.42 Å². The van der Waals surface area contributed by atoms with Crippen LogP contribution in [-0.2, 0) is 4.79 Å². The second-order valence-electron chi connectivity index (χ2n) is 3.44. The van der Waals surface area contributed by atoms with E-state index in [4.69, 9.17) is 0 Å². The van der Waals surface area contributed by atoms with Gasteiger partial charge in [-0.2, -0.15) is 0 Å². The van der Waals surface area contributed by atoms with Crippen LogP contribution in [0.2, 0.25) is 0 Å². The first kappa shape index (κ1) is 10.9. The van der Waals surface area contributed by atoms with Crippen molar-refractivity contribution in [3.63, 3.8) is 0 Å². The third-order valence-electron chi connectivity index (χ3n) is 2.30. The highest BCUT2D eigenvalue weighted by Gasteiger charge is 2.22. The number of nitrogens with one attached hydrogen (secondary N) is 2. The average Bonchev–Trinajstić information content (AvgIpc) is 2.66. The van der Waals surface area contributed by atoms with Gasteiger partial charge in [-0.25, -0.2) is 0 Å². The molecule has 76 valence electrons. The lowest BCUT2D eigenvalue weighted by molar-refractivity contribution is -0.120. The van der Waals surface area contributed by atoms with Gasteiger partial charge in [0.15, 0.2) is 0 Å². The molecule has 0 aromatic carbocycles. The number of rotatable bonds is 4. The van der Waals surface area contributed by atoms with Crippen LogP contribution in [0.15, 0.2) is 0 Å². The minimum atomic E-state index is 0.212. The number of likely N-dealkylation sites (N-methyl/N-ethyl adjacent to an activating group) is 1. The van der Waals surface area contributed by atoms with Crippen molar-refractivity contribution in [3.8, 4) is 0 Å². The highest BCUT2D eigenvalue weighted by molar-refractivity contribution is 8.00. The molecule has 1 heterocycles. The summed E-state index contributed by atoms with van der Waals surface area (Å²) in [4.78, 5) is 11.5. The molecule has 0 saturated carbocycles. The minimum absolute atomic E-state index is 0.212. The second-order valence-corrected chi connectivity index (χ2v) is 4.75. The van der Waals surface area contributed by atoms with Crippen molar-refractivity contribution < 1.29 is 4.79 Å². The molecule has 4 heteroatoms. The van der Waals surface area contributed by atoms with Crippen LogP contribution in [0.3, 0.4) is 0 Å². The zero-order chi connectivity index (χ0) is 9.68. The van der Waals surface area contributed by atoms with Gasteiger partial charge in [-0.05, 0) is 32.6 Å². The second kappa shape index (κ2) is 5.50. The first-order valence-corrected chi connectivity index (χ1v) is 5.85. The Hall–Kier alpha value is -0.220. The molecule has 0 unspecified atom stereocenters. The molecule has 1 aliphatic rings. The summed E-state index contributed by atoms with van der Waals surface area (Å²) in [7, 11) is 1.90. The first-order chi connectivity index (χ1) is 6.24. The van der Waals surface area contributed by atoms with Gasteiger partial charge in [0.1, 0.15) is 0 Å². The molecular formula is C9H18N2OS. The van der Waals surface area contributed by atoms with Crippen molar-refractivity contribution in [1.82, 2.24) is 10.6 Å². The van der Waals surface area contributed by atoms with Gasteiger partial charge in [0.05, 0.1) is 5.25 Å². The molecular weight excluding hydrogens is 184 g/mol. The van der Waals surface area contributed by atoms with Crippen LogP contribution in [0.5, 0.6) is 0 Å². The fourth-order valence-corrected chi connectivity index (χ4v) is 2.44. The molecule has 1 saturated heterocycles. The quantitative estimate of drug-likeness (QED) is 0.701. The van der Waals surface area contributed by atoms with Gasteiger partial charge >= 0.3 is 0 Å². The Balaban J connectivity index is 2.16. The highest BCUT2D eigenvalue weighted by atomic mass is 32.2. The Bertz CT molecular complexity index is 169. The lowest BCUT2D eigenvalue weighted by Crippen LogP contribution is -2.40. The molecule has 3 nitrogen and oxygen atoms in total. The van der Waals surface area contributed by atoms with E-state index in [1.54, 1.807) is 11.8 Å². The van der Waals surface area contributed by atoms with Gasteiger partial charge in [-0.3, -0.25) is 4.79 Å². The Labute approximate surface area is 84.0 Å². The van der Waals surface area contributed by atoms with Crippen LogP contribution in [-0.4, -0.2) is 36.5 Å². The molecule has 1 fully saturated rings. The summed E-state index contributed by atoms with van der Waals surface area (Å²) in [6.07, 6.45) is 2.23. The lowest BCUT2D eigenvalue weighted by Gasteiger charge is -2.13. The van der Waals surface area contributed by atoms with Gasteiger partial charge in [0, 0.05) is 12.6 Å². The van der Waals surface area contributed by atoms with Crippen molar-refractivity contribution in [2.75, 3.05) is 19.3 Å². The molecule has 2 atom stereocenters. The lowest BCUT2D eigenvalue weighted by atomic mass is 10.2. The maximum atomic E-state index is 11.5. The fourth-order valence-electron chi connectivity index (χ4n) is 1.25. The van der Waals surface area contributed by atoms with Crippen LogP contribution in [0, 0.1) is 0 Å². The Morgan fingerprint density at radius 3 is 3.00 bits per heavy atom. The van der Waals surface area contributed by atoms with E-state index in [0.29, 0.717) is 6.04 Å². The zero-order valence-electron chi connectivity index (χ0n) is 8.30. The Morgan fingerprint density at radius 2 is 2.46 bits per heavy atom. The number of hydrogen-bond acceptors (Lipinski definition) is 3.